The van der Waals surface area contributed by atoms with Crippen molar-refractivity contribution in [1.82, 2.24) is 25.1 Å². The van der Waals surface area contributed by atoms with Crippen molar-refractivity contribution in [3.8, 4) is 5.75 Å². The first kappa shape index (κ1) is 34.1. The lowest BCUT2D eigenvalue weighted by Gasteiger charge is -2.49. The number of carbonyl (C=O) groups is 1. The molecular weight excluding hydrogens is 640 g/mol. The van der Waals surface area contributed by atoms with E-state index in [2.05, 4.69) is 32.3 Å². The largest absolute Gasteiger partial charge is 0.506 e. The number of aromatic hydroxyl groups is 1. The zero-order valence-electron chi connectivity index (χ0n) is 27.0. The number of piperidine rings is 1. The van der Waals surface area contributed by atoms with Gasteiger partial charge in [-0.25, -0.2) is 4.98 Å². The van der Waals surface area contributed by atoms with Crippen molar-refractivity contribution in [3.05, 3.63) is 91.7 Å². The van der Waals surface area contributed by atoms with Crippen molar-refractivity contribution < 1.29 is 28.5 Å². The number of likely N-dealkylation sites (tertiary alicyclic amines) is 1. The quantitative estimate of drug-likeness (QED) is 0.176. The first-order chi connectivity index (χ1) is 22.9. The highest BCUT2D eigenvalue weighted by Crippen LogP contribution is 2.39. The van der Waals surface area contributed by atoms with Crippen LogP contribution in [0.15, 0.2) is 58.7 Å². The lowest BCUT2D eigenvalue weighted by atomic mass is 9.88. The number of nitrogens with one attached hydrogen (secondary N) is 2. The second-order valence-corrected chi connectivity index (χ2v) is 14.1. The van der Waals surface area contributed by atoms with Gasteiger partial charge in [0.25, 0.3) is 5.91 Å². The number of nitrogens with zero attached hydrogens (tertiary/aromatic N) is 3. The molecule has 4 aromatic rings. The van der Waals surface area contributed by atoms with Crippen LogP contribution in [0.5, 0.6) is 5.75 Å². The van der Waals surface area contributed by atoms with Gasteiger partial charge in [0, 0.05) is 48.9 Å². The molecule has 0 unspecified atom stereocenters. The minimum absolute atomic E-state index is 0.0507. The molecule has 0 aliphatic carbocycles. The minimum Gasteiger partial charge on any atom is -0.506 e. The number of H-pyrrole nitrogens is 1. The normalized spacial score (nSPS) is 18.5. The van der Waals surface area contributed by atoms with E-state index in [0.29, 0.717) is 62.0 Å². The Balaban J connectivity index is 0.999. The molecule has 0 saturated carbocycles. The van der Waals surface area contributed by atoms with Crippen LogP contribution in [0.4, 0.5) is 8.78 Å². The molecule has 4 heterocycles. The number of morpholine rings is 1. The summed E-state index contributed by atoms with van der Waals surface area (Å²) in [5, 5.41) is 27.3. The first-order valence-electron chi connectivity index (χ1n) is 16.3. The second kappa shape index (κ2) is 14.0. The molecule has 1 atom stereocenters. The Kier molecular flexibility index (Phi) is 9.96. The summed E-state index contributed by atoms with van der Waals surface area (Å²) in [6.45, 7) is 6.02. The molecule has 2 aromatic carbocycles. The Morgan fingerprint density at radius 1 is 1.12 bits per heavy atom. The molecule has 13 heteroatoms. The molecule has 48 heavy (non-hydrogen) atoms. The topological polar surface area (TPSA) is 131 Å². The zero-order chi connectivity index (χ0) is 34.1. The van der Waals surface area contributed by atoms with Crippen molar-refractivity contribution in [1.29, 1.82) is 0 Å². The molecule has 1 spiro atoms. The van der Waals surface area contributed by atoms with E-state index < -0.39 is 30.3 Å². The SMILES string of the molecule is CC(C)c1nc(C(=O)N2CC(F)(F)OC3(CCN(Cc4cccc(CCNC[C@H](O)c5ccc(O)c6[nH]c(=O)ccc56)c4)CC3)C2)cs1. The number of phenolic OH excluding ortho intramolecular Hbond substituents is 1. The third kappa shape index (κ3) is 7.76. The van der Waals surface area contributed by atoms with Gasteiger partial charge < -0.3 is 30.2 Å². The van der Waals surface area contributed by atoms with E-state index in [0.717, 1.165) is 22.6 Å². The monoisotopic (exact) mass is 681 g/mol. The van der Waals surface area contributed by atoms with Gasteiger partial charge in [-0.1, -0.05) is 44.2 Å². The number of hydrogen-bond donors (Lipinski definition) is 4. The number of hydrogen-bond acceptors (Lipinski definition) is 9. The molecule has 2 fully saturated rings. The number of alkyl halides is 2. The maximum atomic E-state index is 14.8. The second-order valence-electron chi connectivity index (χ2n) is 13.2. The van der Waals surface area contributed by atoms with E-state index in [1.54, 1.807) is 17.5 Å². The van der Waals surface area contributed by atoms with Crippen LogP contribution in [-0.4, -0.2) is 86.9 Å². The molecular formula is C35H41F2N5O5S. The average molecular weight is 682 g/mol. The maximum absolute atomic E-state index is 14.8. The minimum atomic E-state index is -3.43. The number of phenols is 1. The number of ether oxygens (including phenoxy) is 1. The van der Waals surface area contributed by atoms with E-state index in [1.807, 2.05) is 26.0 Å². The number of aliphatic hydroxyl groups is 1. The van der Waals surface area contributed by atoms with Gasteiger partial charge in [0.2, 0.25) is 5.56 Å². The maximum Gasteiger partial charge on any atom is 0.373 e. The zero-order valence-corrected chi connectivity index (χ0v) is 27.9. The van der Waals surface area contributed by atoms with Gasteiger partial charge in [-0.15, -0.1) is 11.3 Å². The number of pyridine rings is 1. The standard InChI is InChI=1S/C35H41F2N5O5S/c1-22(2)32-39-27(19-48-32)33(46)42-20-34(47-35(36,37)21-42)11-14-41(15-12-34)18-24-5-3-4-23(16-24)10-13-38-17-29(44)25-6-8-28(43)31-26(25)7-9-30(45)40-31/h3-9,16,19,22,29,38,43-44H,10-15,17-18,20-21H2,1-2H3,(H,40,45)/t29-/m0/s1. The molecule has 4 N–H and O–H groups in total. The number of rotatable bonds is 10. The van der Waals surface area contributed by atoms with Crippen molar-refractivity contribution in [2.24, 2.45) is 0 Å². The van der Waals surface area contributed by atoms with E-state index in [4.69, 9.17) is 4.74 Å². The van der Waals surface area contributed by atoms with Crippen LogP contribution in [0.2, 0.25) is 0 Å². The molecule has 2 aliphatic rings. The van der Waals surface area contributed by atoms with E-state index in [1.165, 1.54) is 28.4 Å². The summed E-state index contributed by atoms with van der Waals surface area (Å²) in [6.07, 6.45) is -2.75. The van der Waals surface area contributed by atoms with Crippen LogP contribution < -0.4 is 10.9 Å². The molecule has 0 bridgehead atoms. The first-order valence-corrected chi connectivity index (χ1v) is 17.1. The number of amides is 1. The summed E-state index contributed by atoms with van der Waals surface area (Å²) in [6, 6.07) is 14.3. The fourth-order valence-corrected chi connectivity index (χ4v) is 7.42. The number of aromatic amines is 1. The molecule has 1 amide bonds. The Morgan fingerprint density at radius 3 is 2.65 bits per heavy atom. The predicted molar refractivity (Wildman–Crippen MR) is 180 cm³/mol. The summed E-state index contributed by atoms with van der Waals surface area (Å²) in [5.41, 5.74) is 1.93. The number of aromatic nitrogens is 2. The average Bonchev–Trinajstić information content (AvgIpc) is 3.55. The van der Waals surface area contributed by atoms with Gasteiger partial charge in [-0.05, 0) is 54.6 Å². The van der Waals surface area contributed by atoms with E-state index in [-0.39, 0.29) is 29.5 Å². The molecule has 256 valence electrons. The summed E-state index contributed by atoms with van der Waals surface area (Å²) in [7, 11) is 0. The highest BCUT2D eigenvalue weighted by Gasteiger charge is 2.52. The van der Waals surface area contributed by atoms with Gasteiger partial charge >= 0.3 is 6.11 Å². The Labute approximate surface area is 281 Å². The molecule has 6 rings (SSSR count). The third-order valence-corrected chi connectivity index (χ3v) is 10.2. The summed E-state index contributed by atoms with van der Waals surface area (Å²) in [5.74, 6) is -0.371. The van der Waals surface area contributed by atoms with Gasteiger partial charge in [-0.2, -0.15) is 8.78 Å². The molecule has 0 radical (unpaired) electrons. The lowest BCUT2D eigenvalue weighted by Crippen LogP contribution is -2.62. The number of carbonyl (C=O) groups excluding carboxylic acids is 1. The molecule has 2 aromatic heterocycles. The van der Waals surface area contributed by atoms with E-state index in [9.17, 15) is 28.6 Å². The lowest BCUT2D eigenvalue weighted by molar-refractivity contribution is -0.332. The number of fused-ring (bicyclic) bond motifs is 1. The van der Waals surface area contributed by atoms with Crippen molar-refractivity contribution in [2.75, 3.05) is 39.3 Å². The molecule has 10 nitrogen and oxygen atoms in total. The van der Waals surface area contributed by atoms with Crippen LogP contribution in [-0.2, 0) is 17.7 Å². The van der Waals surface area contributed by atoms with Gasteiger partial charge in [0.15, 0.2) is 0 Å². The number of benzene rings is 2. The van der Waals surface area contributed by atoms with Crippen LogP contribution in [0.1, 0.15) is 70.9 Å². The highest BCUT2D eigenvalue weighted by molar-refractivity contribution is 7.09. The predicted octanol–water partition coefficient (Wildman–Crippen LogP) is 4.78. The molecule has 2 aliphatic heterocycles. The van der Waals surface area contributed by atoms with Crippen LogP contribution in [0.25, 0.3) is 10.9 Å². The Morgan fingerprint density at radius 2 is 1.90 bits per heavy atom. The smallest absolute Gasteiger partial charge is 0.373 e. The Bertz CT molecular complexity index is 1820. The number of thiazole rings is 1. The fourth-order valence-electron chi connectivity index (χ4n) is 6.62. The summed E-state index contributed by atoms with van der Waals surface area (Å²) >= 11 is 1.37. The number of halogens is 2. The summed E-state index contributed by atoms with van der Waals surface area (Å²) in [4.78, 5) is 35.3. The van der Waals surface area contributed by atoms with Crippen LogP contribution >= 0.6 is 11.3 Å². The highest BCUT2D eigenvalue weighted by atomic mass is 32.1. The van der Waals surface area contributed by atoms with E-state index >= 15 is 0 Å². The fraction of sp³-hybridized carbons (Fsp3) is 0.457. The van der Waals surface area contributed by atoms with Crippen LogP contribution in [0, 0.1) is 0 Å². The van der Waals surface area contributed by atoms with Gasteiger partial charge in [-0.3, -0.25) is 14.5 Å². The van der Waals surface area contributed by atoms with Gasteiger partial charge in [0.1, 0.15) is 18.0 Å². The molecule has 2 saturated heterocycles. The third-order valence-electron chi connectivity index (χ3n) is 9.10. The summed E-state index contributed by atoms with van der Waals surface area (Å²) < 4.78 is 35.1. The van der Waals surface area contributed by atoms with Crippen LogP contribution in [0.3, 0.4) is 0 Å². The van der Waals surface area contributed by atoms with Gasteiger partial charge in [0.05, 0.1) is 28.8 Å². The number of aliphatic hydroxyl groups excluding tert-OH is 1. The Hall–Kier alpha value is -3.75. The van der Waals surface area contributed by atoms with Crippen molar-refractivity contribution >= 4 is 28.1 Å². The van der Waals surface area contributed by atoms with Crippen molar-refractivity contribution in [2.45, 2.75) is 63.4 Å². The van der Waals surface area contributed by atoms with Crippen molar-refractivity contribution in [3.63, 3.8) is 0 Å².